The van der Waals surface area contributed by atoms with Gasteiger partial charge in [-0.25, -0.2) is 19.6 Å². The molecule has 0 unspecified atom stereocenters. The summed E-state index contributed by atoms with van der Waals surface area (Å²) in [4.78, 5) is 49.3. The lowest BCUT2D eigenvalue weighted by Gasteiger charge is -2.15. The summed E-state index contributed by atoms with van der Waals surface area (Å²) < 4.78 is 6.84. The third-order valence-corrected chi connectivity index (χ3v) is 6.86. The number of urea groups is 1. The van der Waals surface area contributed by atoms with Crippen molar-refractivity contribution in [2.45, 2.75) is 46.2 Å². The van der Waals surface area contributed by atoms with Gasteiger partial charge < -0.3 is 9.30 Å². The molecular weight excluding hydrogens is 478 g/mol. The molecule has 4 rings (SSSR count). The lowest BCUT2D eigenvalue weighted by atomic mass is 10.1. The van der Waals surface area contributed by atoms with Gasteiger partial charge in [0.1, 0.15) is 11.5 Å². The Balaban J connectivity index is 1.69. The van der Waals surface area contributed by atoms with Crippen molar-refractivity contribution in [1.29, 1.82) is 0 Å². The van der Waals surface area contributed by atoms with Crippen LogP contribution in [0.5, 0.6) is 0 Å². The van der Waals surface area contributed by atoms with Crippen molar-refractivity contribution in [2.75, 3.05) is 14.2 Å². The maximum atomic E-state index is 13.0. The fraction of sp³-hybridized carbons (Fsp3) is 0.346. The molecule has 0 N–H and O–H groups in total. The number of aryl methyl sites for hydroxylation is 2. The number of thiazole rings is 1. The highest BCUT2D eigenvalue weighted by Crippen LogP contribution is 2.26. The summed E-state index contributed by atoms with van der Waals surface area (Å²) in [5, 5.41) is 2.80. The fourth-order valence-corrected chi connectivity index (χ4v) is 4.65. The number of imidazole rings is 1. The number of hydrogen-bond donors (Lipinski definition) is 0. The standard InChI is InChI=1S/C26H29N5O4S/c1-5-6-7-23-27-13-21(30(23)14-18-8-10-19(11-9-18)25(33)35-4)12-22-24(32)29(3)26(34)31(22)15-20-16-36-17(2)28-20/h8-13,16H,5-7,14-15H2,1-4H3/b22-12-. The molecule has 1 aromatic carbocycles. The molecule has 3 amide bonds. The van der Waals surface area contributed by atoms with Crippen molar-refractivity contribution in [3.63, 3.8) is 0 Å². The first-order valence-electron chi connectivity index (χ1n) is 11.8. The molecule has 0 spiro atoms. The average Bonchev–Trinajstić information content (AvgIpc) is 3.53. The number of rotatable bonds is 9. The number of benzene rings is 1. The van der Waals surface area contributed by atoms with Gasteiger partial charge in [-0.3, -0.25) is 14.6 Å². The monoisotopic (exact) mass is 507 g/mol. The second-order valence-corrected chi connectivity index (χ2v) is 9.66. The number of ether oxygens (including phenoxy) is 1. The smallest absolute Gasteiger partial charge is 0.337 e. The van der Waals surface area contributed by atoms with Crippen LogP contribution >= 0.6 is 11.3 Å². The largest absolute Gasteiger partial charge is 0.465 e. The van der Waals surface area contributed by atoms with Gasteiger partial charge in [0.05, 0.1) is 41.8 Å². The topological polar surface area (TPSA) is 97.6 Å². The third kappa shape index (κ3) is 5.23. The predicted molar refractivity (Wildman–Crippen MR) is 136 cm³/mol. The Morgan fingerprint density at radius 1 is 1.17 bits per heavy atom. The molecule has 1 aliphatic heterocycles. The predicted octanol–water partition coefficient (Wildman–Crippen LogP) is 4.26. The summed E-state index contributed by atoms with van der Waals surface area (Å²) in [7, 11) is 2.84. The zero-order chi connectivity index (χ0) is 25.8. The number of hydrogen-bond acceptors (Lipinski definition) is 7. The van der Waals surface area contributed by atoms with Crippen LogP contribution in [-0.4, -0.2) is 56.4 Å². The van der Waals surface area contributed by atoms with E-state index in [1.165, 1.54) is 30.4 Å². The molecule has 0 saturated carbocycles. The Morgan fingerprint density at radius 2 is 1.92 bits per heavy atom. The molecule has 1 fully saturated rings. The minimum atomic E-state index is -0.387. The lowest BCUT2D eigenvalue weighted by Crippen LogP contribution is -2.29. The van der Waals surface area contributed by atoms with E-state index in [1.54, 1.807) is 24.4 Å². The molecule has 0 atom stereocenters. The number of aromatic nitrogens is 3. The second kappa shape index (κ2) is 10.9. The Morgan fingerprint density at radius 3 is 2.56 bits per heavy atom. The highest BCUT2D eigenvalue weighted by atomic mass is 32.1. The van der Waals surface area contributed by atoms with Crippen LogP contribution < -0.4 is 0 Å². The van der Waals surface area contributed by atoms with E-state index in [0.29, 0.717) is 12.1 Å². The molecule has 1 saturated heterocycles. The molecule has 9 nitrogen and oxygen atoms in total. The zero-order valence-electron chi connectivity index (χ0n) is 20.9. The van der Waals surface area contributed by atoms with Crippen LogP contribution in [0.4, 0.5) is 4.79 Å². The van der Waals surface area contributed by atoms with Crippen LogP contribution in [0.2, 0.25) is 0 Å². The van der Waals surface area contributed by atoms with E-state index < -0.39 is 0 Å². The van der Waals surface area contributed by atoms with E-state index in [0.717, 1.165) is 51.9 Å². The number of unbranched alkanes of at least 4 members (excludes halogenated alkanes) is 1. The zero-order valence-corrected chi connectivity index (χ0v) is 21.7. The molecule has 0 aliphatic carbocycles. The van der Waals surface area contributed by atoms with Crippen molar-refractivity contribution < 1.29 is 19.1 Å². The molecule has 36 heavy (non-hydrogen) atoms. The summed E-state index contributed by atoms with van der Waals surface area (Å²) in [5.74, 6) is 0.145. The number of carbonyl (C=O) groups excluding carboxylic acids is 3. The molecule has 1 aliphatic rings. The molecular formula is C26H29N5O4S. The summed E-state index contributed by atoms with van der Waals surface area (Å²) in [5.41, 5.74) is 3.20. The molecule has 3 heterocycles. The average molecular weight is 508 g/mol. The summed E-state index contributed by atoms with van der Waals surface area (Å²) in [6.45, 7) is 4.75. The Bertz CT molecular complexity index is 1310. The Hall–Kier alpha value is -3.79. The Kier molecular flexibility index (Phi) is 7.64. The number of esters is 1. The van der Waals surface area contributed by atoms with Gasteiger partial charge in [0.25, 0.3) is 5.91 Å². The van der Waals surface area contributed by atoms with Gasteiger partial charge in [0, 0.05) is 25.4 Å². The number of imide groups is 1. The number of amides is 3. The number of carbonyl (C=O) groups is 3. The second-order valence-electron chi connectivity index (χ2n) is 8.60. The van der Waals surface area contributed by atoms with E-state index >= 15 is 0 Å². The van der Waals surface area contributed by atoms with Gasteiger partial charge in [-0.2, -0.15) is 0 Å². The molecule has 188 valence electrons. The Labute approximate surface area is 214 Å². The van der Waals surface area contributed by atoms with Crippen LogP contribution in [0.15, 0.2) is 41.5 Å². The van der Waals surface area contributed by atoms with Crippen molar-refractivity contribution >= 4 is 35.3 Å². The van der Waals surface area contributed by atoms with E-state index in [9.17, 15) is 14.4 Å². The first kappa shape index (κ1) is 25.3. The summed E-state index contributed by atoms with van der Waals surface area (Å²) in [6.07, 6.45) is 6.25. The summed E-state index contributed by atoms with van der Waals surface area (Å²) in [6, 6.07) is 6.83. The molecule has 0 bridgehead atoms. The molecule has 3 aromatic rings. The maximum absolute atomic E-state index is 13.0. The van der Waals surface area contributed by atoms with Gasteiger partial charge in [0.2, 0.25) is 0 Å². The first-order valence-corrected chi connectivity index (χ1v) is 12.6. The van der Waals surface area contributed by atoms with Gasteiger partial charge in [0.15, 0.2) is 0 Å². The molecule has 10 heteroatoms. The molecule has 0 radical (unpaired) electrons. The summed E-state index contributed by atoms with van der Waals surface area (Å²) >= 11 is 1.50. The van der Waals surface area contributed by atoms with Gasteiger partial charge >= 0.3 is 12.0 Å². The normalized spacial score (nSPS) is 14.8. The lowest BCUT2D eigenvalue weighted by molar-refractivity contribution is -0.122. The highest BCUT2D eigenvalue weighted by Gasteiger charge is 2.39. The van der Waals surface area contributed by atoms with E-state index in [1.807, 2.05) is 24.4 Å². The van der Waals surface area contributed by atoms with Crippen molar-refractivity contribution in [2.24, 2.45) is 0 Å². The van der Waals surface area contributed by atoms with Crippen LogP contribution in [-0.2, 0) is 29.0 Å². The van der Waals surface area contributed by atoms with E-state index in [-0.39, 0.29) is 30.1 Å². The van der Waals surface area contributed by atoms with Crippen molar-refractivity contribution in [3.8, 4) is 0 Å². The quantitative estimate of drug-likeness (QED) is 0.244. The van der Waals surface area contributed by atoms with E-state index in [2.05, 4.69) is 21.5 Å². The van der Waals surface area contributed by atoms with Crippen LogP contribution in [0.1, 0.15) is 57.9 Å². The fourth-order valence-electron chi connectivity index (χ4n) is 4.04. The van der Waals surface area contributed by atoms with Gasteiger partial charge in [-0.1, -0.05) is 25.5 Å². The number of nitrogens with zero attached hydrogens (tertiary/aromatic N) is 5. The van der Waals surface area contributed by atoms with E-state index in [4.69, 9.17) is 4.74 Å². The minimum Gasteiger partial charge on any atom is -0.465 e. The molecule has 2 aromatic heterocycles. The van der Waals surface area contributed by atoms with Gasteiger partial charge in [-0.15, -0.1) is 11.3 Å². The number of likely N-dealkylation sites (N-methyl/N-ethyl adjacent to an activating group) is 1. The van der Waals surface area contributed by atoms with Crippen molar-refractivity contribution in [3.05, 3.63) is 74.9 Å². The van der Waals surface area contributed by atoms with Crippen molar-refractivity contribution in [1.82, 2.24) is 24.3 Å². The SMILES string of the molecule is CCCCc1ncc(/C=C2/C(=O)N(C)C(=O)N2Cc2csc(C)n2)n1Cc1ccc(C(=O)OC)cc1. The number of methoxy groups -OCH3 is 1. The highest BCUT2D eigenvalue weighted by molar-refractivity contribution is 7.09. The third-order valence-electron chi connectivity index (χ3n) is 6.04. The van der Waals surface area contributed by atoms with Crippen LogP contribution in [0, 0.1) is 6.92 Å². The van der Waals surface area contributed by atoms with Crippen LogP contribution in [0.25, 0.3) is 6.08 Å². The maximum Gasteiger partial charge on any atom is 0.337 e. The van der Waals surface area contributed by atoms with Crippen LogP contribution in [0.3, 0.4) is 0 Å². The first-order chi connectivity index (χ1) is 17.3. The van der Waals surface area contributed by atoms with Gasteiger partial charge in [-0.05, 0) is 37.1 Å². The minimum absolute atomic E-state index is 0.219.